The second-order valence-corrected chi connectivity index (χ2v) is 9.85. The molecule has 10 nitrogen and oxygen atoms in total. The lowest BCUT2D eigenvalue weighted by atomic mass is 10.1. The number of hydrogen-bond acceptors (Lipinski definition) is 6. The number of nitrogens with zero attached hydrogens (tertiary/aromatic N) is 5. The van der Waals surface area contributed by atoms with Gasteiger partial charge in [-0.15, -0.1) is 0 Å². The number of ether oxygens (including phenoxy) is 1. The molecule has 2 aromatic rings. The lowest BCUT2D eigenvalue weighted by Crippen LogP contribution is -2.50. The number of halogens is 1. The summed E-state index contributed by atoms with van der Waals surface area (Å²) in [5.41, 5.74) is 0.565. The molecule has 1 N–H and O–H groups in total. The molecule has 0 spiro atoms. The van der Waals surface area contributed by atoms with E-state index in [1.807, 2.05) is 25.7 Å². The Balaban J connectivity index is 1.41. The van der Waals surface area contributed by atoms with Crippen molar-refractivity contribution in [3.63, 3.8) is 0 Å². The Hall–Kier alpha value is -3.37. The van der Waals surface area contributed by atoms with E-state index in [-0.39, 0.29) is 37.0 Å². The van der Waals surface area contributed by atoms with E-state index in [4.69, 9.17) is 4.74 Å². The molecule has 2 bridgehead atoms. The first-order chi connectivity index (χ1) is 15.5. The van der Waals surface area contributed by atoms with Crippen LogP contribution in [0.5, 0.6) is 0 Å². The molecule has 3 saturated heterocycles. The molecule has 1 aromatic heterocycles. The van der Waals surface area contributed by atoms with Crippen molar-refractivity contribution in [2.75, 3.05) is 29.4 Å². The zero-order valence-corrected chi connectivity index (χ0v) is 19.1. The van der Waals surface area contributed by atoms with E-state index in [2.05, 4.69) is 10.4 Å². The smallest absolute Gasteiger partial charge is 0.410 e. The Kier molecular flexibility index (Phi) is 4.77. The predicted octanol–water partition coefficient (Wildman–Crippen LogP) is 2.36. The van der Waals surface area contributed by atoms with E-state index in [9.17, 15) is 14.4 Å². The molecule has 4 amide bonds. The van der Waals surface area contributed by atoms with Crippen LogP contribution in [-0.4, -0.2) is 70.0 Å². The minimum atomic E-state index is -0.564. The van der Waals surface area contributed by atoms with Crippen molar-refractivity contribution in [3.8, 4) is 0 Å². The van der Waals surface area contributed by atoms with Gasteiger partial charge in [0.05, 0.1) is 17.2 Å². The number of hydrogen-bond donors (Lipinski definition) is 1. The summed E-state index contributed by atoms with van der Waals surface area (Å²) in [4.78, 5) is 41.4. The number of fused-ring (bicyclic) bond motifs is 3. The van der Waals surface area contributed by atoms with Crippen molar-refractivity contribution >= 4 is 40.4 Å². The van der Waals surface area contributed by atoms with E-state index in [1.54, 1.807) is 22.7 Å². The highest BCUT2D eigenvalue weighted by molar-refractivity contribution is 6.09. The Morgan fingerprint density at radius 3 is 2.61 bits per heavy atom. The molecule has 5 rings (SSSR count). The molecule has 33 heavy (non-hydrogen) atoms. The van der Waals surface area contributed by atoms with Crippen LogP contribution in [0, 0.1) is 5.82 Å². The molecule has 0 radical (unpaired) electrons. The van der Waals surface area contributed by atoms with Gasteiger partial charge in [0.1, 0.15) is 11.4 Å². The van der Waals surface area contributed by atoms with Crippen LogP contribution in [0.3, 0.4) is 0 Å². The van der Waals surface area contributed by atoms with E-state index < -0.39 is 17.4 Å². The van der Waals surface area contributed by atoms with Crippen LogP contribution < -0.4 is 15.1 Å². The third-order valence-electron chi connectivity index (χ3n) is 6.39. The third-order valence-corrected chi connectivity index (χ3v) is 6.39. The van der Waals surface area contributed by atoms with Gasteiger partial charge in [-0.25, -0.2) is 14.0 Å². The van der Waals surface area contributed by atoms with Gasteiger partial charge in [0.15, 0.2) is 5.82 Å². The number of nitrogens with one attached hydrogen (secondary N) is 1. The number of carbonyl (C=O) groups is 3. The molecule has 3 aliphatic heterocycles. The van der Waals surface area contributed by atoms with Crippen molar-refractivity contribution in [1.82, 2.24) is 20.0 Å². The SMILES string of the molecule is Cn1nc(N2CCC(=O)NC2=O)c2cc(F)c(N3C[C@@H]4C[C@H]3CN4C(=O)OC(C)(C)C)cc21. The summed E-state index contributed by atoms with van der Waals surface area (Å²) in [6.45, 7) is 6.71. The van der Waals surface area contributed by atoms with Crippen molar-refractivity contribution in [3.05, 3.63) is 17.9 Å². The Bertz CT molecular complexity index is 1170. The lowest BCUT2D eigenvalue weighted by Gasteiger charge is -2.36. The molecular weight excluding hydrogens is 431 g/mol. The van der Waals surface area contributed by atoms with Crippen LogP contribution in [-0.2, 0) is 16.6 Å². The van der Waals surface area contributed by atoms with E-state index in [0.717, 1.165) is 6.42 Å². The van der Waals surface area contributed by atoms with Gasteiger partial charge in [-0.05, 0) is 39.3 Å². The second kappa shape index (κ2) is 7.32. The maximum Gasteiger partial charge on any atom is 0.410 e. The van der Waals surface area contributed by atoms with Crippen molar-refractivity contribution in [2.45, 2.75) is 51.3 Å². The summed E-state index contributed by atoms with van der Waals surface area (Å²) in [7, 11) is 1.74. The first kappa shape index (κ1) is 21.5. The zero-order valence-electron chi connectivity index (χ0n) is 19.1. The van der Waals surface area contributed by atoms with Crippen molar-refractivity contribution in [2.24, 2.45) is 7.05 Å². The minimum absolute atomic E-state index is 0.000973. The van der Waals surface area contributed by atoms with Gasteiger partial charge < -0.3 is 14.5 Å². The fraction of sp³-hybridized carbons (Fsp3) is 0.545. The first-order valence-electron chi connectivity index (χ1n) is 11.1. The molecule has 0 unspecified atom stereocenters. The molecule has 3 aliphatic rings. The van der Waals surface area contributed by atoms with Gasteiger partial charge >= 0.3 is 12.1 Å². The predicted molar refractivity (Wildman–Crippen MR) is 119 cm³/mol. The fourth-order valence-electron chi connectivity index (χ4n) is 4.94. The number of carbonyl (C=O) groups excluding carboxylic acids is 3. The number of anilines is 2. The molecule has 3 fully saturated rings. The van der Waals surface area contributed by atoms with Crippen LogP contribution >= 0.6 is 0 Å². The Morgan fingerprint density at radius 2 is 1.97 bits per heavy atom. The molecule has 2 atom stereocenters. The number of urea groups is 1. The van der Waals surface area contributed by atoms with Gasteiger partial charge in [0.2, 0.25) is 5.91 Å². The van der Waals surface area contributed by atoms with Crippen LogP contribution in [0.2, 0.25) is 0 Å². The van der Waals surface area contributed by atoms with Gasteiger partial charge in [-0.3, -0.25) is 19.7 Å². The van der Waals surface area contributed by atoms with E-state index in [0.29, 0.717) is 35.5 Å². The number of imide groups is 1. The second-order valence-electron chi connectivity index (χ2n) is 9.85. The number of amides is 4. The third kappa shape index (κ3) is 3.65. The van der Waals surface area contributed by atoms with Crippen molar-refractivity contribution < 1.29 is 23.5 Å². The largest absolute Gasteiger partial charge is 0.444 e. The molecule has 0 saturated carbocycles. The molecule has 11 heteroatoms. The fourth-order valence-corrected chi connectivity index (χ4v) is 4.94. The van der Waals surface area contributed by atoms with Crippen LogP contribution in [0.25, 0.3) is 10.9 Å². The van der Waals surface area contributed by atoms with Crippen LogP contribution in [0.4, 0.5) is 25.5 Å². The van der Waals surface area contributed by atoms with Gasteiger partial charge in [0, 0.05) is 44.5 Å². The van der Waals surface area contributed by atoms with Gasteiger partial charge in [-0.2, -0.15) is 5.10 Å². The van der Waals surface area contributed by atoms with Crippen LogP contribution in [0.15, 0.2) is 12.1 Å². The average Bonchev–Trinajstić information content (AvgIpc) is 3.39. The van der Waals surface area contributed by atoms with Crippen LogP contribution in [0.1, 0.15) is 33.6 Å². The number of likely N-dealkylation sites (tertiary alicyclic amines) is 1. The van der Waals surface area contributed by atoms with Crippen molar-refractivity contribution in [1.29, 1.82) is 0 Å². The zero-order chi connectivity index (χ0) is 23.7. The number of benzene rings is 1. The van der Waals surface area contributed by atoms with E-state index in [1.165, 1.54) is 11.0 Å². The number of piperazine rings is 1. The summed E-state index contributed by atoms with van der Waals surface area (Å²) < 4.78 is 22.5. The monoisotopic (exact) mass is 458 g/mol. The standard InChI is InChI=1S/C22H27FN6O4/c1-22(2,3)33-21(32)29-11-12-7-13(29)10-28(12)17-9-16-14(8-15(17)23)19(25-26(16)4)27-6-5-18(30)24-20(27)31/h8-9,12-13H,5-7,10-11H2,1-4H3,(H,24,30,31)/t12-,13-/m0/s1. The van der Waals surface area contributed by atoms with Gasteiger partial charge in [0.25, 0.3) is 0 Å². The Labute approximate surface area is 190 Å². The summed E-state index contributed by atoms with van der Waals surface area (Å²) in [6.07, 6.45) is 0.588. The summed E-state index contributed by atoms with van der Waals surface area (Å²) in [6, 6.07) is 2.55. The maximum absolute atomic E-state index is 15.3. The number of aryl methyl sites for hydroxylation is 1. The topological polar surface area (TPSA) is 100 Å². The molecule has 4 heterocycles. The van der Waals surface area contributed by atoms with Gasteiger partial charge in [-0.1, -0.05) is 0 Å². The van der Waals surface area contributed by atoms with E-state index >= 15 is 4.39 Å². The maximum atomic E-state index is 15.3. The lowest BCUT2D eigenvalue weighted by molar-refractivity contribution is -0.120. The summed E-state index contributed by atoms with van der Waals surface area (Å²) >= 11 is 0. The average molecular weight is 458 g/mol. The number of aromatic nitrogens is 2. The molecule has 176 valence electrons. The molecular formula is C22H27FN6O4. The number of rotatable bonds is 2. The highest BCUT2D eigenvalue weighted by Crippen LogP contribution is 2.39. The summed E-state index contributed by atoms with van der Waals surface area (Å²) in [5, 5.41) is 7.21. The first-order valence-corrected chi connectivity index (χ1v) is 11.1. The summed E-state index contributed by atoms with van der Waals surface area (Å²) in [5.74, 6) is -0.432. The minimum Gasteiger partial charge on any atom is -0.444 e. The Morgan fingerprint density at radius 1 is 1.21 bits per heavy atom. The highest BCUT2D eigenvalue weighted by atomic mass is 19.1. The quantitative estimate of drug-likeness (QED) is 0.742. The molecule has 0 aliphatic carbocycles. The molecule has 1 aromatic carbocycles. The normalized spacial score (nSPS) is 23.0. The highest BCUT2D eigenvalue weighted by Gasteiger charge is 2.47.